The highest BCUT2D eigenvalue weighted by molar-refractivity contribution is 7.90. The number of nitrogens with one attached hydrogen (secondary N) is 1. The van der Waals surface area contributed by atoms with Crippen LogP contribution in [0.4, 0.5) is 0 Å². The number of hydrogen-bond donors (Lipinski definition) is 1. The molecule has 1 fully saturated rings. The normalized spacial score (nSPS) is 21.5. The van der Waals surface area contributed by atoms with Gasteiger partial charge in [-0.2, -0.15) is 0 Å². The molecule has 0 aliphatic carbocycles. The number of piperidine rings is 1. The molecule has 1 N–H and O–H groups in total. The summed E-state index contributed by atoms with van der Waals surface area (Å²) in [6.07, 6.45) is 6.12. The molecule has 3 heterocycles. The van der Waals surface area contributed by atoms with Crippen molar-refractivity contribution in [3.8, 4) is 0 Å². The molecule has 0 atom stereocenters. The largest absolute Gasteiger partial charge is 0.355 e. The van der Waals surface area contributed by atoms with E-state index in [-0.39, 0.29) is 35.4 Å². The van der Waals surface area contributed by atoms with Crippen LogP contribution in [-0.2, 0) is 19.6 Å². The third-order valence-corrected chi connectivity index (χ3v) is 6.87. The fourth-order valence-corrected chi connectivity index (χ4v) is 5.21. The van der Waals surface area contributed by atoms with E-state index >= 15 is 0 Å². The molecule has 3 aliphatic rings. The van der Waals surface area contributed by atoms with Crippen molar-refractivity contribution in [2.75, 3.05) is 52.6 Å². The number of sulfonamides is 1. The standard InChI is InChI=1S/C21H33N5O4S/c1-21(2,15-24(3)4)14-22-19(27)16-7-9-25(10-8-16)20(28)17-5-6-18-23-31(29,30)12-11-26(18)13-17/h5-6,13,16H,7-12,14-15H2,1-4H3,(H,22,27). The van der Waals surface area contributed by atoms with Crippen LogP contribution >= 0.6 is 0 Å². The fraction of sp³-hybridized carbons (Fsp3) is 0.667. The number of rotatable bonds is 6. The van der Waals surface area contributed by atoms with E-state index in [0.29, 0.717) is 43.9 Å². The minimum atomic E-state index is -3.42. The van der Waals surface area contributed by atoms with Crippen LogP contribution in [-0.4, -0.2) is 93.3 Å². The summed E-state index contributed by atoms with van der Waals surface area (Å²) in [5.74, 6) is 0.158. The topological polar surface area (TPSA) is 102 Å². The Kier molecular flexibility index (Phi) is 6.90. The van der Waals surface area contributed by atoms with Crippen LogP contribution in [0.5, 0.6) is 0 Å². The van der Waals surface area contributed by atoms with Gasteiger partial charge >= 0.3 is 0 Å². The summed E-state index contributed by atoms with van der Waals surface area (Å²) in [4.78, 5) is 31.1. The minimum absolute atomic E-state index is 0.00837. The molecule has 10 heteroatoms. The van der Waals surface area contributed by atoms with Crippen LogP contribution in [0, 0.1) is 11.3 Å². The number of fused-ring (bicyclic) bond motifs is 1. The van der Waals surface area contributed by atoms with Crippen LogP contribution in [0.2, 0.25) is 0 Å². The van der Waals surface area contributed by atoms with Gasteiger partial charge in [-0.25, -0.2) is 8.42 Å². The van der Waals surface area contributed by atoms with Gasteiger partial charge in [-0.05, 0) is 44.5 Å². The number of nitrogens with zero attached hydrogens (tertiary/aromatic N) is 4. The van der Waals surface area contributed by atoms with Crippen LogP contribution in [0.3, 0.4) is 0 Å². The van der Waals surface area contributed by atoms with Crippen LogP contribution in [0.25, 0.3) is 0 Å². The van der Waals surface area contributed by atoms with Crippen molar-refractivity contribution in [2.45, 2.75) is 26.7 Å². The maximum Gasteiger partial charge on any atom is 0.256 e. The molecule has 172 valence electrons. The molecule has 0 spiro atoms. The van der Waals surface area contributed by atoms with Gasteiger partial charge in [-0.3, -0.25) is 9.59 Å². The third kappa shape index (κ3) is 6.16. The van der Waals surface area contributed by atoms with E-state index in [4.69, 9.17) is 0 Å². The summed E-state index contributed by atoms with van der Waals surface area (Å²) in [6.45, 7) is 7.11. The van der Waals surface area contributed by atoms with Gasteiger partial charge in [0.05, 0.1) is 11.3 Å². The number of likely N-dealkylation sites (tertiary alicyclic amines) is 1. The summed E-state index contributed by atoms with van der Waals surface area (Å²) in [5, 5.41) is 3.08. The van der Waals surface area contributed by atoms with E-state index in [2.05, 4.69) is 28.5 Å². The molecule has 9 nitrogen and oxygen atoms in total. The second-order valence-electron chi connectivity index (χ2n) is 9.53. The first-order chi connectivity index (χ1) is 14.5. The zero-order chi connectivity index (χ0) is 22.8. The van der Waals surface area contributed by atoms with Crippen molar-refractivity contribution in [2.24, 2.45) is 15.7 Å². The van der Waals surface area contributed by atoms with Gasteiger partial charge in [0.15, 0.2) is 0 Å². The van der Waals surface area contributed by atoms with E-state index in [1.54, 1.807) is 28.2 Å². The predicted octanol–water partition coefficient (Wildman–Crippen LogP) is 0.427. The lowest BCUT2D eigenvalue weighted by Crippen LogP contribution is -2.46. The molecular weight excluding hydrogens is 418 g/mol. The van der Waals surface area contributed by atoms with Gasteiger partial charge in [0.25, 0.3) is 15.9 Å². The zero-order valence-electron chi connectivity index (χ0n) is 18.8. The number of amidine groups is 1. The highest BCUT2D eigenvalue weighted by Crippen LogP contribution is 2.22. The van der Waals surface area contributed by atoms with E-state index in [0.717, 1.165) is 6.54 Å². The number of amides is 2. The number of hydrogen-bond acceptors (Lipinski definition) is 6. The second kappa shape index (κ2) is 9.12. The fourth-order valence-electron chi connectivity index (χ4n) is 4.24. The third-order valence-electron chi connectivity index (χ3n) is 5.71. The molecule has 0 saturated carbocycles. The van der Waals surface area contributed by atoms with E-state index in [1.165, 1.54) is 0 Å². The van der Waals surface area contributed by atoms with Crippen molar-refractivity contribution >= 4 is 27.7 Å². The molecule has 31 heavy (non-hydrogen) atoms. The van der Waals surface area contributed by atoms with Gasteiger partial charge in [-0.15, -0.1) is 4.40 Å². The first-order valence-electron chi connectivity index (χ1n) is 10.7. The Morgan fingerprint density at radius 3 is 2.52 bits per heavy atom. The molecule has 0 unspecified atom stereocenters. The summed E-state index contributed by atoms with van der Waals surface area (Å²) >= 11 is 0. The molecular formula is C21H33N5O4S. The SMILES string of the molecule is CN(C)CC(C)(C)CNC(=O)C1CCN(C(=O)C2=CN3CCS(=O)(=O)N=C3C=C2)CC1. The smallest absolute Gasteiger partial charge is 0.256 e. The molecule has 1 saturated heterocycles. The lowest BCUT2D eigenvalue weighted by Gasteiger charge is -2.34. The van der Waals surface area contributed by atoms with E-state index in [1.807, 2.05) is 14.1 Å². The average Bonchev–Trinajstić information content (AvgIpc) is 2.70. The van der Waals surface area contributed by atoms with Crippen molar-refractivity contribution < 1.29 is 18.0 Å². The molecule has 0 aromatic heterocycles. The van der Waals surface area contributed by atoms with Gasteiger partial charge < -0.3 is 20.0 Å². The van der Waals surface area contributed by atoms with Crippen LogP contribution < -0.4 is 5.32 Å². The first-order valence-corrected chi connectivity index (χ1v) is 12.3. The van der Waals surface area contributed by atoms with Crippen LogP contribution in [0.15, 0.2) is 28.3 Å². The highest BCUT2D eigenvalue weighted by atomic mass is 32.2. The lowest BCUT2D eigenvalue weighted by molar-refractivity contribution is -0.132. The number of carbonyl (C=O) groups is 2. The minimum Gasteiger partial charge on any atom is -0.355 e. The predicted molar refractivity (Wildman–Crippen MR) is 120 cm³/mol. The summed E-state index contributed by atoms with van der Waals surface area (Å²) in [6, 6.07) is 0. The van der Waals surface area contributed by atoms with E-state index in [9.17, 15) is 18.0 Å². The van der Waals surface area contributed by atoms with Gasteiger partial charge in [0.1, 0.15) is 5.84 Å². The highest BCUT2D eigenvalue weighted by Gasteiger charge is 2.31. The Bertz CT molecular complexity index is 912. The molecule has 0 aromatic rings. The van der Waals surface area contributed by atoms with Gasteiger partial charge in [0.2, 0.25) is 5.91 Å². The van der Waals surface area contributed by atoms with Crippen molar-refractivity contribution in [3.05, 3.63) is 23.9 Å². The van der Waals surface area contributed by atoms with Crippen LogP contribution in [0.1, 0.15) is 26.7 Å². The Balaban J connectivity index is 1.51. The van der Waals surface area contributed by atoms with E-state index < -0.39 is 10.0 Å². The summed E-state index contributed by atoms with van der Waals surface area (Å²) in [5.41, 5.74) is 0.498. The Morgan fingerprint density at radius 1 is 1.19 bits per heavy atom. The Hall–Kier alpha value is -2.20. The molecule has 0 aromatic carbocycles. The maximum absolute atomic E-state index is 12.9. The van der Waals surface area contributed by atoms with Crippen molar-refractivity contribution in [1.82, 2.24) is 20.0 Å². The summed E-state index contributed by atoms with van der Waals surface area (Å²) in [7, 11) is 0.628. The Morgan fingerprint density at radius 2 is 1.87 bits per heavy atom. The molecule has 0 bridgehead atoms. The average molecular weight is 452 g/mol. The van der Waals surface area contributed by atoms with Gasteiger partial charge in [-0.1, -0.05) is 13.8 Å². The zero-order valence-corrected chi connectivity index (χ0v) is 19.6. The van der Waals surface area contributed by atoms with Crippen molar-refractivity contribution in [1.29, 1.82) is 0 Å². The molecule has 0 radical (unpaired) electrons. The second-order valence-corrected chi connectivity index (χ2v) is 11.3. The van der Waals surface area contributed by atoms with Crippen molar-refractivity contribution in [3.63, 3.8) is 0 Å². The quantitative estimate of drug-likeness (QED) is 0.628. The molecule has 3 rings (SSSR count). The first kappa shape index (κ1) is 23.5. The Labute approximate surface area is 184 Å². The number of carbonyl (C=O) groups excluding carboxylic acids is 2. The van der Waals surface area contributed by atoms with Gasteiger partial charge in [0, 0.05) is 44.8 Å². The monoisotopic (exact) mass is 451 g/mol. The summed E-state index contributed by atoms with van der Waals surface area (Å²) < 4.78 is 27.0. The molecule has 2 amide bonds. The maximum atomic E-state index is 12.9. The lowest BCUT2D eigenvalue weighted by atomic mass is 9.91. The molecule has 3 aliphatic heterocycles.